The number of ether oxygens (including phenoxy) is 1. The van der Waals surface area contributed by atoms with Crippen LogP contribution in [0.4, 0.5) is 11.9 Å². The van der Waals surface area contributed by atoms with Gasteiger partial charge in [-0.1, -0.05) is 24.5 Å². The lowest BCUT2D eigenvalue weighted by atomic mass is 10.1. The van der Waals surface area contributed by atoms with Crippen molar-refractivity contribution in [2.75, 3.05) is 24.3 Å². The van der Waals surface area contributed by atoms with E-state index in [4.69, 9.17) is 28.6 Å². The minimum absolute atomic E-state index is 0.0170. The molecule has 2 bridgehead atoms. The number of aromatic amines is 1. The van der Waals surface area contributed by atoms with Crippen molar-refractivity contribution in [2.45, 2.75) is 49.5 Å². The fourth-order valence-corrected chi connectivity index (χ4v) is 8.13. The van der Waals surface area contributed by atoms with Gasteiger partial charge in [-0.25, -0.2) is 29.1 Å². The van der Waals surface area contributed by atoms with Gasteiger partial charge in [-0.15, -0.1) is 0 Å². The number of aliphatic hydroxyl groups is 1. The van der Waals surface area contributed by atoms with Gasteiger partial charge in [0, 0.05) is 12.0 Å². The Morgan fingerprint density at radius 2 is 1.80 bits per heavy atom. The number of anilines is 2. The Bertz CT molecular complexity index is 1580. The lowest BCUT2D eigenvalue weighted by Gasteiger charge is -2.26. The van der Waals surface area contributed by atoms with Gasteiger partial charge in [0.15, 0.2) is 17.4 Å². The summed E-state index contributed by atoms with van der Waals surface area (Å²) in [4.78, 5) is 34.6. The number of H-pyrrole nitrogens is 1. The summed E-state index contributed by atoms with van der Waals surface area (Å²) in [5, 5.41) is 14.2. The molecular formula is C19H25N9O9P2S2. The highest BCUT2D eigenvalue weighted by atomic mass is 32.7. The maximum absolute atomic E-state index is 13.4. The second-order valence-corrected chi connectivity index (χ2v) is 15.4. The number of nitrogens with zero attached hydrogens (tertiary/aromatic N) is 6. The fraction of sp³-hybridized carbons (Fsp3) is 0.579. The largest absolute Gasteiger partial charge is 0.387 e. The van der Waals surface area contributed by atoms with Crippen molar-refractivity contribution in [2.24, 2.45) is 5.92 Å². The molecule has 222 valence electrons. The number of aliphatic hydroxyl groups excluding tert-OH is 1. The summed E-state index contributed by atoms with van der Waals surface area (Å²) in [6.45, 7) is -8.76. The molecule has 5 N–H and O–H groups in total. The first-order valence-electron chi connectivity index (χ1n) is 12.2. The normalized spacial score (nSPS) is 38.1. The highest BCUT2D eigenvalue weighted by Crippen LogP contribution is 2.60. The first-order valence-corrected chi connectivity index (χ1v) is 17.6. The molecule has 3 aliphatic rings. The zero-order valence-electron chi connectivity index (χ0n) is 20.9. The van der Waals surface area contributed by atoms with Crippen molar-refractivity contribution in [3.05, 3.63) is 29.3 Å². The number of nitrogen functional groups attached to an aromatic ring is 1. The van der Waals surface area contributed by atoms with Crippen LogP contribution in [-0.4, -0.2) is 83.2 Å². The Labute approximate surface area is 241 Å². The Morgan fingerprint density at radius 3 is 2.59 bits per heavy atom. The molecule has 3 aromatic heterocycles. The molecule has 0 aromatic carbocycles. The molecule has 1 aliphatic carbocycles. The number of imidazole rings is 1. The van der Waals surface area contributed by atoms with Crippen LogP contribution >= 0.6 is 38.1 Å². The Balaban J connectivity index is 1.28. The summed E-state index contributed by atoms with van der Waals surface area (Å²) in [7, 11) is 0. The third kappa shape index (κ3) is 6.17. The molecule has 3 unspecified atom stereocenters. The van der Waals surface area contributed by atoms with Crippen molar-refractivity contribution in [3.8, 4) is 0 Å². The average molecular weight is 650 g/mol. The molecule has 5 heterocycles. The van der Waals surface area contributed by atoms with Crippen molar-refractivity contribution < 1.29 is 37.1 Å². The molecule has 2 saturated heterocycles. The third-order valence-corrected chi connectivity index (χ3v) is 10.1. The van der Waals surface area contributed by atoms with E-state index in [1.807, 2.05) is 0 Å². The minimum atomic E-state index is -4.15. The van der Waals surface area contributed by atoms with Gasteiger partial charge in [0.2, 0.25) is 11.9 Å². The summed E-state index contributed by atoms with van der Waals surface area (Å²) in [5.74, 6) is -0.283. The number of nitrogens with one attached hydrogen (secondary N) is 2. The number of rotatable bonds is 3. The maximum atomic E-state index is 13.4. The van der Waals surface area contributed by atoms with Crippen LogP contribution in [0.2, 0.25) is 0 Å². The topological polar surface area (TPSA) is 241 Å². The molecule has 18 nitrogen and oxygen atoms in total. The molecule has 22 heteroatoms. The molecule has 9 atom stereocenters. The average Bonchev–Trinajstić information content (AvgIpc) is 3.57. The van der Waals surface area contributed by atoms with Gasteiger partial charge in [-0.05, 0) is 12.8 Å². The van der Waals surface area contributed by atoms with Gasteiger partial charge >= 0.3 is 13.6 Å². The number of fused-ring (bicyclic) bond motifs is 4. The van der Waals surface area contributed by atoms with Crippen LogP contribution in [0.3, 0.4) is 0 Å². The highest BCUT2D eigenvalue weighted by Gasteiger charge is 2.51. The minimum Gasteiger partial charge on any atom is -0.387 e. The lowest BCUT2D eigenvalue weighted by Crippen LogP contribution is -2.35. The zero-order chi connectivity index (χ0) is 28.9. The molecule has 1 saturated carbocycles. The van der Waals surface area contributed by atoms with Crippen LogP contribution < -0.4 is 16.6 Å². The smallest absolute Gasteiger partial charge is 0.386 e. The van der Waals surface area contributed by atoms with E-state index in [1.165, 1.54) is 23.5 Å². The predicted octanol–water partition coefficient (Wildman–Crippen LogP) is 0.929. The van der Waals surface area contributed by atoms with Crippen LogP contribution in [0.25, 0.3) is 11.2 Å². The Hall–Kier alpha value is -2.12. The third-order valence-electron chi connectivity index (χ3n) is 6.87. The van der Waals surface area contributed by atoms with E-state index in [-0.39, 0.29) is 29.8 Å². The summed E-state index contributed by atoms with van der Waals surface area (Å²) >= 11 is 8.26. The molecule has 3 aromatic rings. The van der Waals surface area contributed by atoms with Gasteiger partial charge in [0.1, 0.15) is 31.0 Å². The SMILES string of the molecule is Nc1nc2c(ncn2[C@@H]2O[C@@H]3COP(=O)(S)O[C@H]4C[C@H](Nc5ncncn5)CC4COP(=O)(S)O[C@@H]2[C@@H]3O)c(=O)[nH]1. The first kappa shape index (κ1) is 29.0. The maximum Gasteiger partial charge on any atom is 0.386 e. The Kier molecular flexibility index (Phi) is 7.90. The monoisotopic (exact) mass is 649 g/mol. The molecule has 0 radical (unpaired) electrons. The summed E-state index contributed by atoms with van der Waals surface area (Å²) in [6, 6.07) is -0.221. The van der Waals surface area contributed by atoms with Crippen molar-refractivity contribution >= 4 is 61.2 Å². The Morgan fingerprint density at radius 1 is 1.07 bits per heavy atom. The van der Waals surface area contributed by atoms with E-state index < -0.39 is 62.3 Å². The molecular weight excluding hydrogens is 624 g/mol. The molecule has 41 heavy (non-hydrogen) atoms. The van der Waals surface area contributed by atoms with Crippen LogP contribution in [0, 0.1) is 5.92 Å². The second kappa shape index (κ2) is 11.2. The predicted molar refractivity (Wildman–Crippen MR) is 147 cm³/mol. The number of hydrogen-bond donors (Lipinski definition) is 6. The van der Waals surface area contributed by atoms with Crippen molar-refractivity contribution in [1.82, 2.24) is 34.5 Å². The van der Waals surface area contributed by atoms with Crippen LogP contribution in [0.15, 0.2) is 23.8 Å². The van der Waals surface area contributed by atoms with Gasteiger partial charge in [-0.3, -0.25) is 27.9 Å². The van der Waals surface area contributed by atoms with Crippen molar-refractivity contribution in [3.63, 3.8) is 0 Å². The van der Waals surface area contributed by atoms with Crippen LogP contribution in [0.5, 0.6) is 0 Å². The van der Waals surface area contributed by atoms with E-state index in [2.05, 4.69) is 59.7 Å². The standard InChI is InChI=1S/C19H25N9O9P2S2/c20-18-26-15-12(16(30)27-18)24-7-28(15)17-14-13(29)11(35-17)4-34-38(31,40)36-10-2-9(25-19-22-5-21-6-23-19)1-8(10)3-33-39(32,41)37-14/h5-11,13-14,17,29H,1-4H2,(H,31,40)(H,32,41)(H3,20,26,27,30)(H,21,22,23,25)/t8?,9-,10+,11-,13-,14-,17-,38?,39?/m1/s1. The molecule has 0 amide bonds. The molecule has 6 rings (SSSR count). The quantitative estimate of drug-likeness (QED) is 0.171. The number of aromatic nitrogens is 7. The molecule has 3 fully saturated rings. The first-order chi connectivity index (χ1) is 19.5. The summed E-state index contributed by atoms with van der Waals surface area (Å²) in [6.07, 6.45) is -1.25. The van der Waals surface area contributed by atoms with Gasteiger partial charge < -0.3 is 25.4 Å². The highest BCUT2D eigenvalue weighted by molar-refractivity contribution is 8.44. The fourth-order valence-electron chi connectivity index (χ4n) is 5.07. The van der Waals surface area contributed by atoms with E-state index >= 15 is 0 Å². The van der Waals surface area contributed by atoms with Crippen molar-refractivity contribution in [1.29, 1.82) is 0 Å². The summed E-state index contributed by atoms with van der Waals surface area (Å²) in [5.41, 5.74) is 5.06. The van der Waals surface area contributed by atoms with E-state index in [0.717, 1.165) is 0 Å². The van der Waals surface area contributed by atoms with Gasteiger partial charge in [0.05, 0.1) is 25.6 Å². The second-order valence-electron chi connectivity index (χ2n) is 9.61. The number of nitrogens with two attached hydrogens (primary N) is 1. The summed E-state index contributed by atoms with van der Waals surface area (Å²) < 4.78 is 56.5. The van der Waals surface area contributed by atoms with E-state index in [1.54, 1.807) is 0 Å². The van der Waals surface area contributed by atoms with E-state index in [9.17, 15) is 19.0 Å². The number of thiol groups is 2. The van der Waals surface area contributed by atoms with Gasteiger partial charge in [-0.2, -0.15) is 4.98 Å². The number of hydrogen-bond acceptors (Lipinski definition) is 16. The molecule has 2 aliphatic heterocycles. The molecule has 0 spiro atoms. The lowest BCUT2D eigenvalue weighted by molar-refractivity contribution is -0.0487. The van der Waals surface area contributed by atoms with Crippen LogP contribution in [0.1, 0.15) is 19.1 Å². The van der Waals surface area contributed by atoms with Crippen LogP contribution in [-0.2, 0) is 32.0 Å². The van der Waals surface area contributed by atoms with Gasteiger partial charge in [0.25, 0.3) is 5.56 Å². The van der Waals surface area contributed by atoms with E-state index in [0.29, 0.717) is 18.8 Å². The zero-order valence-corrected chi connectivity index (χ0v) is 24.4.